The number of primary amides is 1. The van der Waals surface area contributed by atoms with E-state index >= 15 is 0 Å². The molecule has 0 atom stereocenters. The number of benzene rings is 1. The number of rotatable bonds is 8. The predicted molar refractivity (Wildman–Crippen MR) is 99.8 cm³/mol. The van der Waals surface area contributed by atoms with Crippen LogP contribution in [0.2, 0.25) is 0 Å². The average molecular weight is 404 g/mol. The van der Waals surface area contributed by atoms with Crippen LogP contribution in [0.25, 0.3) is 0 Å². The van der Waals surface area contributed by atoms with Gasteiger partial charge in [-0.25, -0.2) is 9.59 Å². The fraction of sp³-hybridized carbons (Fsp3) is 0.263. The molecule has 0 fully saturated rings. The summed E-state index contributed by atoms with van der Waals surface area (Å²) in [6.07, 6.45) is 0. The van der Waals surface area contributed by atoms with Gasteiger partial charge in [0, 0.05) is 0 Å². The van der Waals surface area contributed by atoms with Crippen LogP contribution in [0.5, 0.6) is 5.75 Å². The summed E-state index contributed by atoms with van der Waals surface area (Å²) in [5.74, 6) is -3.06. The van der Waals surface area contributed by atoms with Gasteiger partial charge in [0.05, 0.1) is 19.3 Å². The average Bonchev–Trinajstić information content (AvgIpc) is 3.02. The summed E-state index contributed by atoms with van der Waals surface area (Å²) in [5.41, 5.74) is 5.02. The van der Waals surface area contributed by atoms with Crippen molar-refractivity contribution in [1.82, 2.24) is 0 Å². The molecule has 0 aliphatic rings. The fourth-order valence-electron chi connectivity index (χ4n) is 2.42. The molecule has 0 aliphatic heterocycles. The van der Waals surface area contributed by atoms with Crippen molar-refractivity contribution in [2.75, 3.05) is 25.6 Å². The highest BCUT2D eigenvalue weighted by Gasteiger charge is 2.29. The number of anilines is 1. The summed E-state index contributed by atoms with van der Waals surface area (Å²) in [7, 11) is 1.49. The molecule has 0 saturated heterocycles. The number of carbonyl (C=O) groups is 4. The highest BCUT2D eigenvalue weighted by atomic mass is 16.5. The summed E-state index contributed by atoms with van der Waals surface area (Å²) in [4.78, 5) is 47.9. The molecule has 0 aliphatic carbocycles. The lowest BCUT2D eigenvalue weighted by Gasteiger charge is -2.07. The number of furan rings is 1. The van der Waals surface area contributed by atoms with Gasteiger partial charge < -0.3 is 24.4 Å². The van der Waals surface area contributed by atoms with E-state index in [0.29, 0.717) is 5.75 Å². The number of ether oxygens (including phenoxy) is 3. The fourth-order valence-corrected chi connectivity index (χ4v) is 2.42. The van der Waals surface area contributed by atoms with Gasteiger partial charge in [-0.2, -0.15) is 0 Å². The Bertz CT molecular complexity index is 930. The van der Waals surface area contributed by atoms with Crippen molar-refractivity contribution in [3.63, 3.8) is 0 Å². The van der Waals surface area contributed by atoms with E-state index < -0.39 is 30.4 Å². The van der Waals surface area contributed by atoms with E-state index in [9.17, 15) is 19.2 Å². The lowest BCUT2D eigenvalue weighted by molar-refractivity contribution is -0.119. The number of nitrogens with two attached hydrogens (primary N) is 1. The number of hydrogen-bond donors (Lipinski definition) is 2. The van der Waals surface area contributed by atoms with Crippen LogP contribution in [0.4, 0.5) is 5.88 Å². The Morgan fingerprint density at radius 1 is 1.03 bits per heavy atom. The quantitative estimate of drug-likeness (QED) is 0.632. The molecule has 0 unspecified atom stereocenters. The third kappa shape index (κ3) is 5.12. The summed E-state index contributed by atoms with van der Waals surface area (Å²) < 4.78 is 20.0. The lowest BCUT2D eigenvalue weighted by atomic mass is 10.1. The van der Waals surface area contributed by atoms with Gasteiger partial charge in [0.2, 0.25) is 5.88 Å². The normalized spacial score (nSPS) is 10.2. The molecule has 2 amide bonds. The zero-order valence-electron chi connectivity index (χ0n) is 16.1. The van der Waals surface area contributed by atoms with Gasteiger partial charge in [0.1, 0.15) is 22.6 Å². The first-order valence-electron chi connectivity index (χ1n) is 8.49. The van der Waals surface area contributed by atoms with E-state index in [1.54, 1.807) is 19.1 Å². The molecule has 0 saturated carbocycles. The van der Waals surface area contributed by atoms with Crippen molar-refractivity contribution in [3.05, 3.63) is 46.7 Å². The number of aryl methyl sites for hydroxylation is 1. The molecule has 3 N–H and O–H groups in total. The summed E-state index contributed by atoms with van der Waals surface area (Å²) in [6.45, 7) is 2.43. The van der Waals surface area contributed by atoms with E-state index in [1.165, 1.54) is 26.2 Å². The van der Waals surface area contributed by atoms with Crippen molar-refractivity contribution < 1.29 is 37.8 Å². The first-order chi connectivity index (χ1) is 13.8. The smallest absolute Gasteiger partial charge is 0.342 e. The largest absolute Gasteiger partial charge is 0.497 e. The number of hydrogen-bond acceptors (Lipinski definition) is 8. The van der Waals surface area contributed by atoms with Gasteiger partial charge in [-0.1, -0.05) is 0 Å². The second kappa shape index (κ2) is 9.40. The Balaban J connectivity index is 2.08. The molecule has 0 bridgehead atoms. The van der Waals surface area contributed by atoms with Crippen molar-refractivity contribution in [1.29, 1.82) is 0 Å². The van der Waals surface area contributed by atoms with Gasteiger partial charge in [-0.3, -0.25) is 14.9 Å². The molecular weight excluding hydrogens is 384 g/mol. The SMILES string of the molecule is CCOC(=O)c1c(C)oc(NC(=O)COC(=O)c2ccc(OC)cc2)c1C(N)=O. The molecular formula is C19H20N2O8. The number of amides is 2. The number of carbonyl (C=O) groups excluding carboxylic acids is 4. The molecule has 154 valence electrons. The number of nitrogens with one attached hydrogen (secondary N) is 1. The summed E-state index contributed by atoms with van der Waals surface area (Å²) in [6, 6.07) is 6.09. The van der Waals surface area contributed by atoms with Crippen molar-refractivity contribution in [2.45, 2.75) is 13.8 Å². The molecule has 1 aromatic carbocycles. The van der Waals surface area contributed by atoms with Crippen LogP contribution in [-0.4, -0.2) is 44.1 Å². The van der Waals surface area contributed by atoms with E-state index in [1.807, 2.05) is 0 Å². The second-order valence-electron chi connectivity index (χ2n) is 5.67. The number of esters is 2. The third-order valence-electron chi connectivity index (χ3n) is 3.72. The molecule has 10 heteroatoms. The molecule has 2 rings (SSSR count). The summed E-state index contributed by atoms with van der Waals surface area (Å²) >= 11 is 0. The first-order valence-corrected chi connectivity index (χ1v) is 8.49. The zero-order chi connectivity index (χ0) is 21.6. The standard InChI is InChI=1S/C19H20N2O8/c1-4-27-19(25)14-10(2)29-17(15(14)16(20)23)21-13(22)9-28-18(24)11-5-7-12(26-3)8-6-11/h5-8H,4,9H2,1-3H3,(H2,20,23)(H,21,22). The van der Waals surface area contributed by atoms with Crippen molar-refractivity contribution in [3.8, 4) is 5.75 Å². The first kappa shape index (κ1) is 21.5. The second-order valence-corrected chi connectivity index (χ2v) is 5.67. The topological polar surface area (TPSA) is 147 Å². The molecule has 1 heterocycles. The van der Waals surface area contributed by atoms with Crippen molar-refractivity contribution >= 4 is 29.6 Å². The van der Waals surface area contributed by atoms with Crippen LogP contribution in [0.15, 0.2) is 28.7 Å². The lowest BCUT2D eigenvalue weighted by Crippen LogP contribution is -2.23. The zero-order valence-corrected chi connectivity index (χ0v) is 16.1. The molecule has 10 nitrogen and oxygen atoms in total. The van der Waals surface area contributed by atoms with Gasteiger partial charge in [0.15, 0.2) is 6.61 Å². The molecule has 29 heavy (non-hydrogen) atoms. The molecule has 0 radical (unpaired) electrons. The van der Waals surface area contributed by atoms with E-state index in [0.717, 1.165) is 0 Å². The highest BCUT2D eigenvalue weighted by molar-refractivity contribution is 6.10. The minimum absolute atomic E-state index is 0.0442. The minimum atomic E-state index is -0.990. The van der Waals surface area contributed by atoms with Gasteiger partial charge in [0.25, 0.3) is 11.8 Å². The Morgan fingerprint density at radius 3 is 2.24 bits per heavy atom. The van der Waals surface area contributed by atoms with Crippen LogP contribution >= 0.6 is 0 Å². The van der Waals surface area contributed by atoms with E-state index in [4.69, 9.17) is 24.4 Å². The van der Waals surface area contributed by atoms with Gasteiger partial charge >= 0.3 is 11.9 Å². The molecule has 2 aromatic rings. The third-order valence-corrected chi connectivity index (χ3v) is 3.72. The Hall–Kier alpha value is -3.82. The van der Waals surface area contributed by atoms with E-state index in [2.05, 4.69) is 5.32 Å². The van der Waals surface area contributed by atoms with Crippen molar-refractivity contribution in [2.24, 2.45) is 5.73 Å². The molecule has 0 spiro atoms. The Morgan fingerprint density at radius 2 is 1.69 bits per heavy atom. The maximum Gasteiger partial charge on any atom is 0.342 e. The van der Waals surface area contributed by atoms with Crippen LogP contribution in [0.3, 0.4) is 0 Å². The predicted octanol–water partition coefficient (Wildman–Crippen LogP) is 1.67. The Kier molecular flexibility index (Phi) is 6.96. The summed E-state index contributed by atoms with van der Waals surface area (Å²) in [5, 5.41) is 2.26. The van der Waals surface area contributed by atoms with Crippen LogP contribution in [0, 0.1) is 6.92 Å². The van der Waals surface area contributed by atoms with Crippen LogP contribution < -0.4 is 15.8 Å². The Labute approximate surface area is 165 Å². The maximum atomic E-state index is 12.1. The van der Waals surface area contributed by atoms with E-state index in [-0.39, 0.29) is 34.9 Å². The maximum absolute atomic E-state index is 12.1. The van der Waals surface area contributed by atoms with Crippen LogP contribution in [-0.2, 0) is 14.3 Å². The monoisotopic (exact) mass is 404 g/mol. The highest BCUT2D eigenvalue weighted by Crippen LogP contribution is 2.27. The van der Waals surface area contributed by atoms with Gasteiger partial charge in [-0.05, 0) is 38.1 Å². The number of methoxy groups -OCH3 is 1. The van der Waals surface area contributed by atoms with Gasteiger partial charge in [-0.15, -0.1) is 0 Å². The minimum Gasteiger partial charge on any atom is -0.497 e. The molecule has 1 aromatic heterocycles. The van der Waals surface area contributed by atoms with Crippen LogP contribution in [0.1, 0.15) is 43.8 Å².